The molecule has 1 atom stereocenters. The number of rotatable bonds is 4. The Kier molecular flexibility index (Phi) is 5.27. The molecule has 3 aromatic rings. The summed E-state index contributed by atoms with van der Waals surface area (Å²) in [5, 5.41) is 0.732. The molecule has 4 rings (SSSR count). The zero-order valence-corrected chi connectivity index (χ0v) is 17.1. The number of fused-ring (bicyclic) bond motifs is 1. The first-order valence-electron chi connectivity index (χ1n) is 9.23. The average molecular weight is 433 g/mol. The Bertz CT molecular complexity index is 1110. The Morgan fingerprint density at radius 2 is 2.07 bits per heavy atom. The maximum atomic E-state index is 13.0. The van der Waals surface area contributed by atoms with Crippen molar-refractivity contribution in [3.8, 4) is 16.2 Å². The Hall–Kier alpha value is -2.87. The first-order chi connectivity index (χ1) is 14.3. The molecule has 1 aromatic heterocycles. The summed E-state index contributed by atoms with van der Waals surface area (Å²) >= 11 is 1.44. The van der Waals surface area contributed by atoms with Crippen LogP contribution in [0, 0.1) is 6.92 Å². The average Bonchev–Trinajstić information content (AvgIpc) is 3.29. The van der Waals surface area contributed by atoms with Crippen molar-refractivity contribution in [2.45, 2.75) is 25.4 Å². The van der Waals surface area contributed by atoms with Gasteiger partial charge in [0.25, 0.3) is 0 Å². The molecule has 2 aromatic carbocycles. The van der Waals surface area contributed by atoms with Gasteiger partial charge in [0.05, 0.1) is 28.3 Å². The van der Waals surface area contributed by atoms with E-state index in [-0.39, 0.29) is 12.6 Å². The normalized spacial score (nSPS) is 15.6. The van der Waals surface area contributed by atoms with Crippen LogP contribution in [0.2, 0.25) is 0 Å². The number of carbonyl (C=O) groups excluding carboxylic acids is 1. The van der Waals surface area contributed by atoms with Crippen LogP contribution < -0.4 is 4.74 Å². The smallest absolute Gasteiger partial charge is 0.416 e. The molecule has 0 N–H and O–H groups in total. The van der Waals surface area contributed by atoms with E-state index in [9.17, 15) is 18.0 Å². The zero-order chi connectivity index (χ0) is 21.5. The molecule has 0 bridgehead atoms. The van der Waals surface area contributed by atoms with Gasteiger partial charge in [-0.1, -0.05) is 30.3 Å². The molecular formula is C22H18F3NO3S. The minimum atomic E-state index is -4.37. The minimum absolute atomic E-state index is 0.244. The quantitative estimate of drug-likeness (QED) is 0.519. The van der Waals surface area contributed by atoms with E-state index in [4.69, 9.17) is 9.47 Å². The number of thiazole rings is 1. The van der Waals surface area contributed by atoms with Crippen molar-refractivity contribution >= 4 is 17.3 Å². The molecule has 156 valence electrons. The SMILES string of the molecule is COC(=O)C1COc2cc(-c3sc(Cc4cccc(C(F)(F)F)c4)nc3C)ccc21. The van der Waals surface area contributed by atoms with Crippen LogP contribution in [0.1, 0.15) is 33.3 Å². The Morgan fingerprint density at radius 3 is 2.80 bits per heavy atom. The van der Waals surface area contributed by atoms with Crippen LogP contribution in [0.25, 0.3) is 10.4 Å². The summed E-state index contributed by atoms with van der Waals surface area (Å²) in [6.45, 7) is 2.11. The maximum absolute atomic E-state index is 13.0. The summed E-state index contributed by atoms with van der Waals surface area (Å²) in [6.07, 6.45) is -4.05. The van der Waals surface area contributed by atoms with Gasteiger partial charge in [0, 0.05) is 12.0 Å². The molecule has 0 aliphatic carbocycles. The van der Waals surface area contributed by atoms with E-state index in [0.29, 0.717) is 17.7 Å². The van der Waals surface area contributed by atoms with Crippen molar-refractivity contribution in [2.24, 2.45) is 0 Å². The van der Waals surface area contributed by atoms with Crippen LogP contribution in [-0.4, -0.2) is 24.7 Å². The highest BCUT2D eigenvalue weighted by Gasteiger charge is 2.32. The van der Waals surface area contributed by atoms with Crippen molar-refractivity contribution in [1.29, 1.82) is 0 Å². The monoisotopic (exact) mass is 433 g/mol. The standard InChI is InChI=1S/C22H18F3NO3S/c1-12-20(14-6-7-16-17(21(27)28-2)11-29-18(16)10-14)30-19(26-12)9-13-4-3-5-15(8-13)22(23,24)25/h3-8,10,17H,9,11H2,1-2H3. The number of aryl methyl sites for hydroxylation is 1. The van der Waals surface area contributed by atoms with Gasteiger partial charge < -0.3 is 9.47 Å². The number of hydrogen-bond acceptors (Lipinski definition) is 5. The lowest BCUT2D eigenvalue weighted by atomic mass is 9.99. The van der Waals surface area contributed by atoms with Crippen LogP contribution in [0.4, 0.5) is 13.2 Å². The fourth-order valence-corrected chi connectivity index (χ4v) is 4.61. The van der Waals surface area contributed by atoms with Gasteiger partial charge >= 0.3 is 12.1 Å². The molecule has 2 heterocycles. The summed E-state index contributed by atoms with van der Waals surface area (Å²) in [7, 11) is 1.35. The van der Waals surface area contributed by atoms with Crippen LogP contribution in [0.15, 0.2) is 42.5 Å². The molecule has 1 unspecified atom stereocenters. The summed E-state index contributed by atoms with van der Waals surface area (Å²) in [5.74, 6) is -0.132. The first kappa shape index (κ1) is 20.4. The number of esters is 1. The number of carbonyl (C=O) groups is 1. The van der Waals surface area contributed by atoms with Gasteiger partial charge in [0.1, 0.15) is 18.3 Å². The van der Waals surface area contributed by atoms with Crippen LogP contribution >= 0.6 is 11.3 Å². The summed E-state index contributed by atoms with van der Waals surface area (Å²) in [6, 6.07) is 10.9. The van der Waals surface area contributed by atoms with E-state index in [2.05, 4.69) is 4.98 Å². The van der Waals surface area contributed by atoms with Gasteiger partial charge in [-0.05, 0) is 30.2 Å². The van der Waals surface area contributed by atoms with Gasteiger partial charge in [-0.2, -0.15) is 13.2 Å². The summed E-state index contributed by atoms with van der Waals surface area (Å²) in [4.78, 5) is 17.3. The summed E-state index contributed by atoms with van der Waals surface area (Å²) in [5.41, 5.74) is 2.37. The topological polar surface area (TPSA) is 48.4 Å². The van der Waals surface area contributed by atoms with Gasteiger partial charge in [0.15, 0.2) is 0 Å². The second-order valence-corrected chi connectivity index (χ2v) is 8.12. The Balaban J connectivity index is 1.59. The third-order valence-corrected chi connectivity index (χ3v) is 6.20. The lowest BCUT2D eigenvalue weighted by Crippen LogP contribution is -2.15. The van der Waals surface area contributed by atoms with Gasteiger partial charge in [-0.3, -0.25) is 4.79 Å². The van der Waals surface area contributed by atoms with Gasteiger partial charge in [0.2, 0.25) is 0 Å². The number of hydrogen-bond donors (Lipinski definition) is 0. The van der Waals surface area contributed by atoms with E-state index in [1.54, 1.807) is 6.07 Å². The Labute approximate surface area is 175 Å². The van der Waals surface area contributed by atoms with Gasteiger partial charge in [-0.25, -0.2) is 4.98 Å². The highest BCUT2D eigenvalue weighted by Crippen LogP contribution is 2.40. The molecule has 0 fully saturated rings. The molecule has 0 saturated heterocycles. The molecule has 1 aliphatic rings. The second-order valence-electron chi connectivity index (χ2n) is 7.04. The number of methoxy groups -OCH3 is 1. The predicted octanol–water partition coefficient (Wildman–Crippen LogP) is 5.38. The van der Waals surface area contributed by atoms with E-state index < -0.39 is 17.7 Å². The van der Waals surface area contributed by atoms with Crippen molar-refractivity contribution in [3.63, 3.8) is 0 Å². The van der Waals surface area contributed by atoms with Crippen molar-refractivity contribution < 1.29 is 27.4 Å². The van der Waals surface area contributed by atoms with E-state index in [1.807, 2.05) is 25.1 Å². The predicted molar refractivity (Wildman–Crippen MR) is 107 cm³/mol. The van der Waals surface area contributed by atoms with E-state index in [0.717, 1.165) is 38.8 Å². The summed E-state index contributed by atoms with van der Waals surface area (Å²) < 4.78 is 49.3. The van der Waals surface area contributed by atoms with Crippen LogP contribution in [-0.2, 0) is 22.1 Å². The van der Waals surface area contributed by atoms with Crippen molar-refractivity contribution in [2.75, 3.05) is 13.7 Å². The molecule has 30 heavy (non-hydrogen) atoms. The number of halogens is 3. The number of ether oxygens (including phenoxy) is 2. The van der Waals surface area contributed by atoms with Crippen LogP contribution in [0.5, 0.6) is 5.75 Å². The molecule has 8 heteroatoms. The molecule has 0 amide bonds. The highest BCUT2D eigenvalue weighted by molar-refractivity contribution is 7.15. The second kappa shape index (κ2) is 7.75. The Morgan fingerprint density at radius 1 is 1.27 bits per heavy atom. The number of alkyl halides is 3. The van der Waals surface area contributed by atoms with Crippen molar-refractivity contribution in [3.05, 3.63) is 69.9 Å². The maximum Gasteiger partial charge on any atom is 0.416 e. The van der Waals surface area contributed by atoms with Gasteiger partial charge in [-0.15, -0.1) is 11.3 Å². The number of aromatic nitrogens is 1. The molecule has 0 saturated carbocycles. The highest BCUT2D eigenvalue weighted by atomic mass is 32.1. The largest absolute Gasteiger partial charge is 0.492 e. The number of benzene rings is 2. The lowest BCUT2D eigenvalue weighted by molar-refractivity contribution is -0.142. The first-order valence-corrected chi connectivity index (χ1v) is 10.1. The third kappa shape index (κ3) is 3.92. The molecule has 0 spiro atoms. The number of nitrogens with zero attached hydrogens (tertiary/aromatic N) is 1. The molecule has 0 radical (unpaired) electrons. The van der Waals surface area contributed by atoms with E-state index in [1.165, 1.54) is 24.5 Å². The van der Waals surface area contributed by atoms with E-state index >= 15 is 0 Å². The third-order valence-electron chi connectivity index (χ3n) is 4.99. The lowest BCUT2D eigenvalue weighted by Gasteiger charge is -2.07. The fraction of sp³-hybridized carbons (Fsp3) is 0.273. The fourth-order valence-electron chi connectivity index (χ4n) is 3.52. The molecule has 1 aliphatic heterocycles. The minimum Gasteiger partial charge on any atom is -0.492 e. The van der Waals surface area contributed by atoms with Crippen LogP contribution in [0.3, 0.4) is 0 Å². The van der Waals surface area contributed by atoms with Crippen molar-refractivity contribution in [1.82, 2.24) is 4.98 Å². The zero-order valence-electron chi connectivity index (χ0n) is 16.2. The molecular weight excluding hydrogens is 415 g/mol. The molecule has 4 nitrogen and oxygen atoms in total.